The number of hydrogen-bond donors (Lipinski definition) is 1. The number of thioether (sulfide) groups is 1. The number of nitrogens with one attached hydrogen (secondary N) is 1. The average Bonchev–Trinajstić information content (AvgIpc) is 2.62. The Hall–Kier alpha value is -2.72. The summed E-state index contributed by atoms with van der Waals surface area (Å²) in [6, 6.07) is 7.21. The van der Waals surface area contributed by atoms with Gasteiger partial charge >= 0.3 is 0 Å². The van der Waals surface area contributed by atoms with Gasteiger partial charge in [0.05, 0.1) is 12.3 Å². The van der Waals surface area contributed by atoms with E-state index in [1.165, 1.54) is 11.8 Å². The van der Waals surface area contributed by atoms with E-state index in [4.69, 9.17) is 9.47 Å². The van der Waals surface area contributed by atoms with Gasteiger partial charge in [-0.15, -0.1) is 0 Å². The molecule has 0 saturated heterocycles. The Kier molecular flexibility index (Phi) is 6.87. The highest BCUT2D eigenvalue weighted by Crippen LogP contribution is 2.33. The molecule has 1 aromatic carbocycles. The lowest BCUT2D eigenvalue weighted by Crippen LogP contribution is -2.14. The molecule has 1 N–H and O–H groups in total. The summed E-state index contributed by atoms with van der Waals surface area (Å²) in [5.41, 5.74) is 1.64. The standard InChI is InChI=1S/C19H21N3O3S/c1-5-24-16-10-13(6-7-15(16)25-9-8-12(2)3)17-14(11-20)18(23)22-19(21-17)26-4/h6-8,10H,5,9H2,1-4H3,(H,21,22,23). The van der Waals surface area contributed by atoms with E-state index in [2.05, 4.69) is 9.97 Å². The molecule has 0 saturated carbocycles. The lowest BCUT2D eigenvalue weighted by atomic mass is 10.1. The van der Waals surface area contributed by atoms with Gasteiger partial charge in [-0.1, -0.05) is 17.3 Å². The van der Waals surface area contributed by atoms with E-state index in [1.54, 1.807) is 24.5 Å². The Morgan fingerprint density at radius 1 is 1.35 bits per heavy atom. The molecule has 0 unspecified atom stereocenters. The fourth-order valence-corrected chi connectivity index (χ4v) is 2.58. The highest BCUT2D eigenvalue weighted by Gasteiger charge is 2.15. The number of benzene rings is 1. The maximum Gasteiger partial charge on any atom is 0.270 e. The van der Waals surface area contributed by atoms with Gasteiger partial charge in [0.15, 0.2) is 16.7 Å². The van der Waals surface area contributed by atoms with Crippen LogP contribution in [0.15, 0.2) is 39.8 Å². The monoisotopic (exact) mass is 371 g/mol. The van der Waals surface area contributed by atoms with Crippen molar-refractivity contribution in [2.45, 2.75) is 25.9 Å². The number of H-pyrrole nitrogens is 1. The van der Waals surface area contributed by atoms with Crippen LogP contribution in [-0.4, -0.2) is 29.4 Å². The van der Waals surface area contributed by atoms with Crippen molar-refractivity contribution in [1.29, 1.82) is 5.26 Å². The summed E-state index contributed by atoms with van der Waals surface area (Å²) in [4.78, 5) is 19.1. The predicted molar refractivity (Wildman–Crippen MR) is 103 cm³/mol. The third-order valence-electron chi connectivity index (χ3n) is 3.45. The molecule has 7 heteroatoms. The van der Waals surface area contributed by atoms with E-state index in [9.17, 15) is 10.1 Å². The lowest BCUT2D eigenvalue weighted by Gasteiger charge is -2.13. The van der Waals surface area contributed by atoms with Gasteiger partial charge in [-0.05, 0) is 51.3 Å². The van der Waals surface area contributed by atoms with Gasteiger partial charge in [-0.3, -0.25) is 4.79 Å². The molecule has 0 aliphatic rings. The zero-order valence-corrected chi connectivity index (χ0v) is 16.1. The quantitative estimate of drug-likeness (QED) is 0.453. The number of allylic oxidation sites excluding steroid dienone is 1. The maximum atomic E-state index is 12.1. The van der Waals surface area contributed by atoms with Crippen LogP contribution in [0.25, 0.3) is 11.3 Å². The Morgan fingerprint density at radius 3 is 2.73 bits per heavy atom. The first kappa shape index (κ1) is 19.6. The van der Waals surface area contributed by atoms with Crippen LogP contribution < -0.4 is 15.0 Å². The van der Waals surface area contributed by atoms with Gasteiger partial charge < -0.3 is 14.5 Å². The largest absolute Gasteiger partial charge is 0.490 e. The topological polar surface area (TPSA) is 88.0 Å². The molecular weight excluding hydrogens is 350 g/mol. The Bertz CT molecular complexity index is 909. The molecule has 1 heterocycles. The van der Waals surface area contributed by atoms with Gasteiger partial charge in [-0.2, -0.15) is 5.26 Å². The molecule has 2 rings (SSSR count). The molecule has 1 aromatic heterocycles. The van der Waals surface area contributed by atoms with Gasteiger partial charge in [-0.25, -0.2) is 4.98 Å². The molecule has 0 atom stereocenters. The number of rotatable bonds is 7. The van der Waals surface area contributed by atoms with E-state index in [0.29, 0.717) is 41.1 Å². The number of ether oxygens (including phenoxy) is 2. The molecule has 26 heavy (non-hydrogen) atoms. The third kappa shape index (κ3) is 4.67. The molecule has 0 radical (unpaired) electrons. The zero-order chi connectivity index (χ0) is 19.1. The van der Waals surface area contributed by atoms with Crippen LogP contribution in [0.5, 0.6) is 11.5 Å². The predicted octanol–water partition coefficient (Wildman–Crippen LogP) is 3.77. The molecule has 0 amide bonds. The maximum absolute atomic E-state index is 12.1. The minimum absolute atomic E-state index is 0.0246. The Labute approximate surface area is 156 Å². The minimum Gasteiger partial charge on any atom is -0.490 e. The van der Waals surface area contributed by atoms with Crippen molar-refractivity contribution in [1.82, 2.24) is 9.97 Å². The fraction of sp³-hybridized carbons (Fsp3) is 0.316. The van der Waals surface area contributed by atoms with E-state index in [1.807, 2.05) is 32.9 Å². The lowest BCUT2D eigenvalue weighted by molar-refractivity contribution is 0.296. The molecule has 2 aromatic rings. The fourth-order valence-electron chi connectivity index (χ4n) is 2.20. The summed E-state index contributed by atoms with van der Waals surface area (Å²) in [7, 11) is 0. The zero-order valence-electron chi connectivity index (χ0n) is 15.3. The Morgan fingerprint density at radius 2 is 2.12 bits per heavy atom. The number of nitrogens with zero attached hydrogens (tertiary/aromatic N) is 2. The van der Waals surface area contributed by atoms with E-state index in [0.717, 1.165) is 5.57 Å². The second kappa shape index (κ2) is 9.11. The van der Waals surface area contributed by atoms with Crippen LogP contribution in [0.4, 0.5) is 0 Å². The molecule has 136 valence electrons. The number of aromatic amines is 1. The highest BCUT2D eigenvalue weighted by molar-refractivity contribution is 7.98. The van der Waals surface area contributed by atoms with Gasteiger partial charge in [0.2, 0.25) is 0 Å². The van der Waals surface area contributed by atoms with Crippen molar-refractivity contribution in [3.8, 4) is 28.8 Å². The van der Waals surface area contributed by atoms with Crippen LogP contribution in [0.1, 0.15) is 26.3 Å². The average molecular weight is 371 g/mol. The molecule has 0 fully saturated rings. The van der Waals surface area contributed by atoms with Crippen LogP contribution >= 0.6 is 11.8 Å². The van der Waals surface area contributed by atoms with Crippen molar-refractivity contribution in [3.63, 3.8) is 0 Å². The number of aromatic nitrogens is 2. The van der Waals surface area contributed by atoms with Gasteiger partial charge in [0.25, 0.3) is 5.56 Å². The van der Waals surface area contributed by atoms with Crippen molar-refractivity contribution in [3.05, 3.63) is 45.8 Å². The van der Waals surface area contributed by atoms with Gasteiger partial charge in [0.1, 0.15) is 18.2 Å². The molecular formula is C19H21N3O3S. The SMILES string of the molecule is CCOc1cc(-c2nc(SC)[nH]c(=O)c2C#N)ccc1OCC=C(C)C. The summed E-state index contributed by atoms with van der Waals surface area (Å²) < 4.78 is 11.4. The van der Waals surface area contributed by atoms with Crippen molar-refractivity contribution in [2.24, 2.45) is 0 Å². The third-order valence-corrected chi connectivity index (χ3v) is 4.03. The molecule has 0 bridgehead atoms. The number of hydrogen-bond acceptors (Lipinski definition) is 6. The first-order chi connectivity index (χ1) is 12.5. The highest BCUT2D eigenvalue weighted by atomic mass is 32.2. The van der Waals surface area contributed by atoms with Crippen LogP contribution in [0.3, 0.4) is 0 Å². The summed E-state index contributed by atoms with van der Waals surface area (Å²) in [5.74, 6) is 1.14. The number of nitriles is 1. The summed E-state index contributed by atoms with van der Waals surface area (Å²) >= 11 is 1.30. The first-order valence-corrected chi connectivity index (χ1v) is 9.34. The smallest absolute Gasteiger partial charge is 0.270 e. The summed E-state index contributed by atoms with van der Waals surface area (Å²) in [6.45, 7) is 6.78. The minimum atomic E-state index is -0.455. The van der Waals surface area contributed by atoms with Crippen LogP contribution in [-0.2, 0) is 0 Å². The summed E-state index contributed by atoms with van der Waals surface area (Å²) in [5, 5.41) is 9.79. The van der Waals surface area contributed by atoms with Gasteiger partial charge in [0, 0.05) is 5.56 Å². The Balaban J connectivity index is 2.50. The van der Waals surface area contributed by atoms with Crippen molar-refractivity contribution in [2.75, 3.05) is 19.5 Å². The molecule has 0 spiro atoms. The van der Waals surface area contributed by atoms with Crippen LogP contribution in [0, 0.1) is 11.3 Å². The van der Waals surface area contributed by atoms with E-state index >= 15 is 0 Å². The summed E-state index contributed by atoms with van der Waals surface area (Å²) in [6.07, 6.45) is 3.78. The second-order valence-electron chi connectivity index (χ2n) is 5.60. The van der Waals surface area contributed by atoms with E-state index in [-0.39, 0.29) is 5.56 Å². The molecule has 0 aliphatic heterocycles. The van der Waals surface area contributed by atoms with E-state index < -0.39 is 5.56 Å². The molecule has 0 aliphatic carbocycles. The second-order valence-corrected chi connectivity index (χ2v) is 6.39. The van der Waals surface area contributed by atoms with Crippen LogP contribution in [0.2, 0.25) is 0 Å². The van der Waals surface area contributed by atoms with Crippen molar-refractivity contribution >= 4 is 11.8 Å². The normalized spacial score (nSPS) is 10.1. The molecule has 6 nitrogen and oxygen atoms in total. The van der Waals surface area contributed by atoms with Crippen molar-refractivity contribution < 1.29 is 9.47 Å². The first-order valence-electron chi connectivity index (χ1n) is 8.11.